The number of rotatable bonds is 2. The van der Waals surface area contributed by atoms with Gasteiger partial charge in [0, 0.05) is 12.2 Å². The van der Waals surface area contributed by atoms with E-state index in [0.29, 0.717) is 16.8 Å². The maximum atomic E-state index is 13.1. The Kier molecular flexibility index (Phi) is 3.60. The quantitative estimate of drug-likeness (QED) is 0.882. The van der Waals surface area contributed by atoms with Crippen molar-refractivity contribution in [3.63, 3.8) is 0 Å². The summed E-state index contributed by atoms with van der Waals surface area (Å²) in [6, 6.07) is 10.1. The van der Waals surface area contributed by atoms with Gasteiger partial charge in [-0.05, 0) is 55.2 Å². The van der Waals surface area contributed by atoms with E-state index in [4.69, 9.17) is 0 Å². The van der Waals surface area contributed by atoms with Crippen LogP contribution in [0, 0.1) is 12.7 Å². The van der Waals surface area contributed by atoms with Crippen LogP contribution >= 0.6 is 0 Å². The molecule has 0 unspecified atom stereocenters. The van der Waals surface area contributed by atoms with Gasteiger partial charge in [0.05, 0.1) is 11.3 Å². The van der Waals surface area contributed by atoms with Crippen LogP contribution < -0.4 is 10.6 Å². The van der Waals surface area contributed by atoms with E-state index in [1.165, 1.54) is 17.7 Å². The SMILES string of the molecule is Cc1cc(F)ccc1NC(=O)c1cccc2c1NCCC2. The first-order chi connectivity index (χ1) is 10.1. The molecule has 0 saturated carbocycles. The number of halogens is 1. The number of benzene rings is 2. The van der Waals surface area contributed by atoms with Gasteiger partial charge in [-0.15, -0.1) is 0 Å². The molecule has 0 spiro atoms. The minimum Gasteiger partial charge on any atom is -0.384 e. The van der Waals surface area contributed by atoms with Crippen molar-refractivity contribution in [3.05, 3.63) is 58.9 Å². The highest BCUT2D eigenvalue weighted by Gasteiger charge is 2.17. The zero-order chi connectivity index (χ0) is 14.8. The van der Waals surface area contributed by atoms with E-state index in [9.17, 15) is 9.18 Å². The number of carbonyl (C=O) groups excluding carboxylic acids is 1. The summed E-state index contributed by atoms with van der Waals surface area (Å²) >= 11 is 0. The van der Waals surface area contributed by atoms with Gasteiger partial charge in [0.15, 0.2) is 0 Å². The van der Waals surface area contributed by atoms with E-state index >= 15 is 0 Å². The Labute approximate surface area is 123 Å². The minimum atomic E-state index is -0.302. The van der Waals surface area contributed by atoms with E-state index in [1.807, 2.05) is 18.2 Å². The molecule has 0 aromatic heterocycles. The Morgan fingerprint density at radius 3 is 2.95 bits per heavy atom. The standard InChI is InChI=1S/C17H17FN2O/c1-11-10-13(18)7-8-15(11)20-17(21)14-6-2-4-12-5-3-9-19-16(12)14/h2,4,6-8,10,19H,3,5,9H2,1H3,(H,20,21). The average molecular weight is 284 g/mol. The molecule has 0 atom stereocenters. The number of carbonyl (C=O) groups is 1. The number of anilines is 2. The zero-order valence-corrected chi connectivity index (χ0v) is 11.9. The molecule has 1 amide bonds. The lowest BCUT2D eigenvalue weighted by Crippen LogP contribution is -2.19. The highest BCUT2D eigenvalue weighted by atomic mass is 19.1. The molecule has 108 valence electrons. The third-order valence-corrected chi connectivity index (χ3v) is 3.76. The molecule has 0 aliphatic carbocycles. The van der Waals surface area contributed by atoms with Gasteiger partial charge in [0.1, 0.15) is 5.82 Å². The van der Waals surface area contributed by atoms with Crippen LogP contribution in [0.25, 0.3) is 0 Å². The molecular formula is C17H17FN2O. The predicted molar refractivity (Wildman–Crippen MR) is 82.3 cm³/mol. The van der Waals surface area contributed by atoms with E-state index in [2.05, 4.69) is 10.6 Å². The number of para-hydroxylation sites is 1. The van der Waals surface area contributed by atoms with Crippen molar-refractivity contribution in [3.8, 4) is 0 Å². The Morgan fingerprint density at radius 2 is 2.14 bits per heavy atom. The van der Waals surface area contributed by atoms with Crippen LogP contribution in [0.2, 0.25) is 0 Å². The second-order valence-corrected chi connectivity index (χ2v) is 5.28. The van der Waals surface area contributed by atoms with Gasteiger partial charge in [-0.3, -0.25) is 4.79 Å². The van der Waals surface area contributed by atoms with Crippen LogP contribution in [0.3, 0.4) is 0 Å². The molecular weight excluding hydrogens is 267 g/mol. The molecule has 1 aliphatic rings. The molecule has 0 bridgehead atoms. The summed E-state index contributed by atoms with van der Waals surface area (Å²) in [5.74, 6) is -0.472. The third-order valence-electron chi connectivity index (χ3n) is 3.76. The van der Waals surface area contributed by atoms with E-state index in [1.54, 1.807) is 13.0 Å². The van der Waals surface area contributed by atoms with Crippen molar-refractivity contribution in [2.45, 2.75) is 19.8 Å². The Hall–Kier alpha value is -2.36. The number of aryl methyl sites for hydroxylation is 2. The zero-order valence-electron chi connectivity index (χ0n) is 11.9. The largest absolute Gasteiger partial charge is 0.384 e. The van der Waals surface area contributed by atoms with Crippen molar-refractivity contribution in [1.82, 2.24) is 0 Å². The van der Waals surface area contributed by atoms with Crippen LogP contribution in [0.1, 0.15) is 27.9 Å². The van der Waals surface area contributed by atoms with Crippen molar-refractivity contribution in [2.24, 2.45) is 0 Å². The van der Waals surface area contributed by atoms with Gasteiger partial charge in [-0.25, -0.2) is 4.39 Å². The lowest BCUT2D eigenvalue weighted by molar-refractivity contribution is 0.102. The fraction of sp³-hybridized carbons (Fsp3) is 0.235. The summed E-state index contributed by atoms with van der Waals surface area (Å²) < 4.78 is 13.1. The average Bonchev–Trinajstić information content (AvgIpc) is 2.49. The van der Waals surface area contributed by atoms with Crippen molar-refractivity contribution in [1.29, 1.82) is 0 Å². The summed E-state index contributed by atoms with van der Waals surface area (Å²) in [7, 11) is 0. The van der Waals surface area contributed by atoms with Crippen LogP contribution in [0.15, 0.2) is 36.4 Å². The molecule has 3 rings (SSSR count). The first kappa shape index (κ1) is 13.6. The molecule has 1 aliphatic heterocycles. The molecule has 21 heavy (non-hydrogen) atoms. The van der Waals surface area contributed by atoms with Crippen LogP contribution in [-0.4, -0.2) is 12.5 Å². The number of amides is 1. The lowest BCUT2D eigenvalue weighted by Gasteiger charge is -2.21. The molecule has 1 heterocycles. The highest BCUT2D eigenvalue weighted by molar-refractivity contribution is 6.08. The Morgan fingerprint density at radius 1 is 1.29 bits per heavy atom. The first-order valence-corrected chi connectivity index (χ1v) is 7.08. The maximum Gasteiger partial charge on any atom is 0.257 e. The molecule has 3 nitrogen and oxygen atoms in total. The van der Waals surface area contributed by atoms with Crippen LogP contribution in [-0.2, 0) is 6.42 Å². The number of fused-ring (bicyclic) bond motifs is 1. The van der Waals surface area contributed by atoms with Crippen molar-refractivity contribution < 1.29 is 9.18 Å². The summed E-state index contributed by atoms with van der Waals surface area (Å²) in [6.07, 6.45) is 2.06. The van der Waals surface area contributed by atoms with Crippen molar-refractivity contribution >= 4 is 17.3 Å². The van der Waals surface area contributed by atoms with Gasteiger partial charge in [-0.2, -0.15) is 0 Å². The summed E-state index contributed by atoms with van der Waals surface area (Å²) in [6.45, 7) is 2.66. The number of nitrogens with one attached hydrogen (secondary N) is 2. The summed E-state index contributed by atoms with van der Waals surface area (Å²) in [5.41, 5.74) is 4.07. The molecule has 0 saturated heterocycles. The molecule has 2 aromatic rings. The highest BCUT2D eigenvalue weighted by Crippen LogP contribution is 2.27. The maximum absolute atomic E-state index is 13.1. The normalized spacial score (nSPS) is 13.2. The fourth-order valence-corrected chi connectivity index (χ4v) is 2.66. The Balaban J connectivity index is 1.89. The molecule has 2 aromatic carbocycles. The second-order valence-electron chi connectivity index (χ2n) is 5.28. The predicted octanol–water partition coefficient (Wildman–Crippen LogP) is 3.74. The molecule has 4 heteroatoms. The number of hydrogen-bond donors (Lipinski definition) is 2. The summed E-state index contributed by atoms with van der Waals surface area (Å²) in [5, 5.41) is 6.16. The van der Waals surface area contributed by atoms with Crippen molar-refractivity contribution in [2.75, 3.05) is 17.2 Å². The Bertz CT molecular complexity index is 697. The topological polar surface area (TPSA) is 41.1 Å². The van der Waals surface area contributed by atoms with Crippen LogP contribution in [0.4, 0.5) is 15.8 Å². The molecule has 0 radical (unpaired) electrons. The lowest BCUT2D eigenvalue weighted by atomic mass is 9.99. The first-order valence-electron chi connectivity index (χ1n) is 7.08. The second kappa shape index (κ2) is 5.56. The van der Waals surface area contributed by atoms with E-state index in [0.717, 1.165) is 25.1 Å². The minimum absolute atomic E-state index is 0.170. The smallest absolute Gasteiger partial charge is 0.257 e. The van der Waals surface area contributed by atoms with Gasteiger partial charge >= 0.3 is 0 Å². The van der Waals surface area contributed by atoms with Crippen LogP contribution in [0.5, 0.6) is 0 Å². The van der Waals surface area contributed by atoms with Gasteiger partial charge in [-0.1, -0.05) is 12.1 Å². The van der Waals surface area contributed by atoms with Gasteiger partial charge in [0.25, 0.3) is 5.91 Å². The molecule has 2 N–H and O–H groups in total. The fourth-order valence-electron chi connectivity index (χ4n) is 2.66. The molecule has 0 fully saturated rings. The third kappa shape index (κ3) is 2.75. The summed E-state index contributed by atoms with van der Waals surface area (Å²) in [4.78, 5) is 12.5. The van der Waals surface area contributed by atoms with Gasteiger partial charge < -0.3 is 10.6 Å². The van der Waals surface area contributed by atoms with E-state index < -0.39 is 0 Å². The van der Waals surface area contributed by atoms with Gasteiger partial charge in [0.2, 0.25) is 0 Å². The number of hydrogen-bond acceptors (Lipinski definition) is 2. The monoisotopic (exact) mass is 284 g/mol. The van der Waals surface area contributed by atoms with E-state index in [-0.39, 0.29) is 11.7 Å².